The van der Waals surface area contributed by atoms with Gasteiger partial charge >= 0.3 is 19.8 Å². The Kier molecular flexibility index (Phi) is 43.0. The molecule has 0 heterocycles. The molecule has 0 spiro atoms. The molecule has 3 atom stereocenters. The fraction of sp³-hybridized carbons (Fsp3) is 0.755. The number of carbonyl (C=O) groups is 2. The molecule has 0 radical (unpaired) electrons. The number of aliphatic hydroxyl groups excluding tert-OH is 2. The molecule has 0 saturated carbocycles. The molecule has 0 rings (SSSR count). The van der Waals surface area contributed by atoms with Crippen molar-refractivity contribution < 1.29 is 47.8 Å². The maximum absolute atomic E-state index is 12.6. The average Bonchev–Trinajstić information content (AvgIpc) is 3.24. The molecular formula is C49H87O10P. The van der Waals surface area contributed by atoms with Gasteiger partial charge in [-0.15, -0.1) is 0 Å². The van der Waals surface area contributed by atoms with Gasteiger partial charge in [-0.3, -0.25) is 18.6 Å². The van der Waals surface area contributed by atoms with Crippen LogP contribution in [0.1, 0.15) is 200 Å². The van der Waals surface area contributed by atoms with Crippen molar-refractivity contribution in [2.45, 2.75) is 212 Å². The molecule has 0 aliphatic rings. The molecule has 0 aliphatic carbocycles. The second kappa shape index (κ2) is 44.7. The van der Waals surface area contributed by atoms with Gasteiger partial charge in [-0.1, -0.05) is 197 Å². The minimum Gasteiger partial charge on any atom is -0.462 e. The van der Waals surface area contributed by atoms with E-state index < -0.39 is 51.8 Å². The number of ether oxygens (including phenoxy) is 2. The van der Waals surface area contributed by atoms with E-state index in [0.717, 1.165) is 44.9 Å². The molecule has 0 aromatic heterocycles. The van der Waals surface area contributed by atoms with E-state index in [4.69, 9.17) is 19.1 Å². The molecule has 11 heteroatoms. The van der Waals surface area contributed by atoms with Crippen molar-refractivity contribution in [3.05, 3.63) is 60.8 Å². The van der Waals surface area contributed by atoms with Crippen molar-refractivity contribution in [1.82, 2.24) is 0 Å². The normalized spacial score (nSPS) is 14.3. The predicted octanol–water partition coefficient (Wildman–Crippen LogP) is 13.1. The third-order valence-corrected chi connectivity index (χ3v) is 10.9. The van der Waals surface area contributed by atoms with Crippen LogP contribution in [0.3, 0.4) is 0 Å². The molecule has 60 heavy (non-hydrogen) atoms. The topological polar surface area (TPSA) is 149 Å². The molecule has 0 aromatic carbocycles. The molecule has 348 valence electrons. The summed E-state index contributed by atoms with van der Waals surface area (Å²) in [5.74, 6) is -1.02. The fourth-order valence-corrected chi connectivity index (χ4v) is 7.06. The molecule has 0 saturated heterocycles. The van der Waals surface area contributed by atoms with E-state index >= 15 is 0 Å². The van der Waals surface area contributed by atoms with Gasteiger partial charge in [0.2, 0.25) is 0 Å². The summed E-state index contributed by atoms with van der Waals surface area (Å²) < 4.78 is 32.7. The Balaban J connectivity index is 4.35. The number of unbranched alkanes of at least 4 members (excludes halogenated alkanes) is 20. The molecule has 0 aromatic rings. The third kappa shape index (κ3) is 43.7. The summed E-state index contributed by atoms with van der Waals surface area (Å²) >= 11 is 0. The fourth-order valence-electron chi connectivity index (χ4n) is 6.27. The van der Waals surface area contributed by atoms with Crippen molar-refractivity contribution in [2.24, 2.45) is 0 Å². The van der Waals surface area contributed by atoms with E-state index in [0.29, 0.717) is 12.8 Å². The Labute approximate surface area is 366 Å². The van der Waals surface area contributed by atoms with Crippen LogP contribution in [-0.4, -0.2) is 65.7 Å². The highest BCUT2D eigenvalue weighted by Gasteiger charge is 2.27. The molecule has 0 aliphatic heterocycles. The zero-order chi connectivity index (χ0) is 44.0. The SMILES string of the molecule is CCCCC/C=C/C/C=C/C/C=C/C/C=C/C/C=C/CCC(=O)O[C@H](COC(=O)CCCCCCCCCCCCCCCCCCCC)COP(=O)(O)OC[C@@H](O)CO. The lowest BCUT2D eigenvalue weighted by molar-refractivity contribution is -0.161. The van der Waals surface area contributed by atoms with Crippen molar-refractivity contribution >= 4 is 19.8 Å². The van der Waals surface area contributed by atoms with E-state index in [-0.39, 0.29) is 19.4 Å². The number of phosphoric ester groups is 1. The van der Waals surface area contributed by atoms with Crippen molar-refractivity contribution in [1.29, 1.82) is 0 Å². The van der Waals surface area contributed by atoms with E-state index in [1.807, 2.05) is 12.2 Å². The standard InChI is InChI=1S/C49H87O10P/c1-3-5-7-9-11-13-15-17-19-21-23-25-27-29-31-33-35-37-39-41-49(53)59-47(45-58-60(54,55)57-43-46(51)42-50)44-56-48(52)40-38-36-34-32-30-28-26-24-22-20-18-16-14-12-10-8-6-4-2/h11,13,17,19,23,25,29,31,35,37,46-47,50-51H,3-10,12,14-16,18,20-22,24,26-28,30,32-34,36,38-45H2,1-2H3,(H,54,55)/b13-11+,19-17+,25-23+,31-29+,37-35+/t46-,47+/m0/s1. The van der Waals surface area contributed by atoms with Crippen LogP contribution in [0, 0.1) is 0 Å². The van der Waals surface area contributed by atoms with Crippen LogP contribution in [0.25, 0.3) is 0 Å². The van der Waals surface area contributed by atoms with Crippen LogP contribution in [0.4, 0.5) is 0 Å². The van der Waals surface area contributed by atoms with Crippen LogP contribution in [0.2, 0.25) is 0 Å². The third-order valence-electron chi connectivity index (χ3n) is 9.94. The number of carbonyl (C=O) groups excluding carboxylic acids is 2. The molecule has 1 unspecified atom stereocenters. The molecular weight excluding hydrogens is 780 g/mol. The first kappa shape index (κ1) is 57.7. The largest absolute Gasteiger partial charge is 0.472 e. The number of esters is 2. The monoisotopic (exact) mass is 867 g/mol. The molecule has 0 fully saturated rings. The zero-order valence-electron chi connectivity index (χ0n) is 37.9. The number of hydrogen-bond acceptors (Lipinski definition) is 9. The second-order valence-electron chi connectivity index (χ2n) is 15.8. The van der Waals surface area contributed by atoms with Crippen LogP contribution in [0.15, 0.2) is 60.8 Å². The van der Waals surface area contributed by atoms with Gasteiger partial charge in [-0.25, -0.2) is 4.57 Å². The number of aliphatic hydroxyl groups is 2. The van der Waals surface area contributed by atoms with Gasteiger partial charge in [0.25, 0.3) is 0 Å². The van der Waals surface area contributed by atoms with Crippen molar-refractivity contribution in [3.8, 4) is 0 Å². The van der Waals surface area contributed by atoms with E-state index in [1.54, 1.807) is 0 Å². The van der Waals surface area contributed by atoms with Gasteiger partial charge in [-0.05, 0) is 51.4 Å². The van der Waals surface area contributed by atoms with Gasteiger partial charge < -0.3 is 24.6 Å². The molecule has 0 amide bonds. The number of rotatable bonds is 44. The minimum absolute atomic E-state index is 0.0604. The highest BCUT2D eigenvalue weighted by atomic mass is 31.2. The number of allylic oxidation sites excluding steroid dienone is 10. The smallest absolute Gasteiger partial charge is 0.462 e. The lowest BCUT2D eigenvalue weighted by Crippen LogP contribution is -2.29. The molecule has 0 bridgehead atoms. The van der Waals surface area contributed by atoms with E-state index in [2.05, 4.69) is 67.0 Å². The number of hydrogen-bond donors (Lipinski definition) is 3. The van der Waals surface area contributed by atoms with Gasteiger partial charge in [0.15, 0.2) is 6.10 Å². The Morgan fingerprint density at radius 1 is 0.500 bits per heavy atom. The minimum atomic E-state index is -4.64. The summed E-state index contributed by atoms with van der Waals surface area (Å²) in [5, 5.41) is 18.4. The Morgan fingerprint density at radius 3 is 1.37 bits per heavy atom. The zero-order valence-corrected chi connectivity index (χ0v) is 38.8. The first-order valence-electron chi connectivity index (χ1n) is 23.7. The lowest BCUT2D eigenvalue weighted by atomic mass is 10.0. The molecule has 3 N–H and O–H groups in total. The summed E-state index contributed by atoms with van der Waals surface area (Å²) in [6.07, 6.45) is 50.6. The van der Waals surface area contributed by atoms with Gasteiger partial charge in [0.1, 0.15) is 12.7 Å². The number of phosphoric acid groups is 1. The molecule has 10 nitrogen and oxygen atoms in total. The van der Waals surface area contributed by atoms with E-state index in [1.165, 1.54) is 116 Å². The maximum Gasteiger partial charge on any atom is 0.472 e. The first-order chi connectivity index (χ1) is 29.2. The maximum atomic E-state index is 12.6. The van der Waals surface area contributed by atoms with Crippen molar-refractivity contribution in [2.75, 3.05) is 26.4 Å². The summed E-state index contributed by atoms with van der Waals surface area (Å²) in [6, 6.07) is 0. The van der Waals surface area contributed by atoms with E-state index in [9.17, 15) is 24.2 Å². The highest BCUT2D eigenvalue weighted by Crippen LogP contribution is 2.43. The second-order valence-corrected chi connectivity index (χ2v) is 17.2. The Hall–Kier alpha value is -2.33. The van der Waals surface area contributed by atoms with Gasteiger partial charge in [0.05, 0.1) is 19.8 Å². The summed E-state index contributed by atoms with van der Waals surface area (Å²) in [7, 11) is -4.64. The quantitative estimate of drug-likeness (QED) is 0.0234. The summed E-state index contributed by atoms with van der Waals surface area (Å²) in [6.45, 7) is 2.29. The average molecular weight is 867 g/mol. The van der Waals surface area contributed by atoms with Gasteiger partial charge in [-0.2, -0.15) is 0 Å². The summed E-state index contributed by atoms with van der Waals surface area (Å²) in [5.41, 5.74) is 0. The summed E-state index contributed by atoms with van der Waals surface area (Å²) in [4.78, 5) is 35.0. The first-order valence-corrected chi connectivity index (χ1v) is 25.2. The Morgan fingerprint density at radius 2 is 0.900 bits per heavy atom. The van der Waals surface area contributed by atoms with Crippen LogP contribution in [0.5, 0.6) is 0 Å². The lowest BCUT2D eigenvalue weighted by Gasteiger charge is -2.20. The van der Waals surface area contributed by atoms with Crippen LogP contribution < -0.4 is 0 Å². The van der Waals surface area contributed by atoms with Crippen molar-refractivity contribution in [3.63, 3.8) is 0 Å². The Bertz CT molecular complexity index is 1180. The predicted molar refractivity (Wildman–Crippen MR) is 247 cm³/mol. The van der Waals surface area contributed by atoms with Crippen LogP contribution >= 0.6 is 7.82 Å². The highest BCUT2D eigenvalue weighted by molar-refractivity contribution is 7.47. The van der Waals surface area contributed by atoms with Gasteiger partial charge in [0, 0.05) is 12.8 Å². The van der Waals surface area contributed by atoms with Crippen LogP contribution in [-0.2, 0) is 32.7 Å².